The van der Waals surface area contributed by atoms with Crippen LogP contribution in [0.4, 0.5) is 5.69 Å². The molecule has 112 valence electrons. The maximum Gasteiger partial charge on any atom is 0.227 e. The van der Waals surface area contributed by atoms with Gasteiger partial charge in [-0.05, 0) is 51.1 Å². The normalized spacial score (nSPS) is 15.3. The Morgan fingerprint density at radius 3 is 2.75 bits per heavy atom. The van der Waals surface area contributed by atoms with E-state index < -0.39 is 0 Å². The first-order chi connectivity index (χ1) is 9.20. The van der Waals surface area contributed by atoms with Crippen molar-refractivity contribution in [1.29, 1.82) is 0 Å². The number of nitrogens with one attached hydrogen (secondary N) is 2. The third-order valence-electron chi connectivity index (χ3n) is 3.21. The van der Waals surface area contributed by atoms with E-state index >= 15 is 0 Å². The Morgan fingerprint density at radius 1 is 1.45 bits per heavy atom. The largest absolute Gasteiger partial charge is 0.492 e. The summed E-state index contributed by atoms with van der Waals surface area (Å²) >= 11 is 6.09. The molecule has 1 aromatic rings. The lowest BCUT2D eigenvalue weighted by Gasteiger charge is -2.21. The molecule has 0 bridgehead atoms. The molecule has 1 aliphatic heterocycles. The van der Waals surface area contributed by atoms with Crippen molar-refractivity contribution in [3.8, 4) is 5.75 Å². The van der Waals surface area contributed by atoms with Crippen molar-refractivity contribution in [1.82, 2.24) is 5.32 Å². The number of carbonyl (C=O) groups excluding carboxylic acids is 1. The number of amides is 1. The number of carbonyl (C=O) groups is 1. The number of hydrogen-bond donors (Lipinski definition) is 2. The summed E-state index contributed by atoms with van der Waals surface area (Å²) in [7, 11) is 0. The summed E-state index contributed by atoms with van der Waals surface area (Å²) in [5.74, 6) is 0.803. The van der Waals surface area contributed by atoms with E-state index in [4.69, 9.17) is 16.3 Å². The van der Waals surface area contributed by atoms with E-state index in [0.29, 0.717) is 17.4 Å². The van der Waals surface area contributed by atoms with E-state index in [1.54, 1.807) is 12.1 Å². The van der Waals surface area contributed by atoms with E-state index in [1.807, 2.05) is 13.0 Å². The van der Waals surface area contributed by atoms with Crippen LogP contribution in [0.25, 0.3) is 0 Å². The van der Waals surface area contributed by atoms with Crippen LogP contribution in [0, 0.1) is 5.92 Å². The van der Waals surface area contributed by atoms with Crippen molar-refractivity contribution < 1.29 is 9.53 Å². The molecule has 1 aromatic carbocycles. The molecule has 0 unspecified atom stereocenters. The Hall–Kier alpha value is -0.970. The van der Waals surface area contributed by atoms with E-state index in [2.05, 4.69) is 10.6 Å². The van der Waals surface area contributed by atoms with Gasteiger partial charge in [-0.25, -0.2) is 0 Å². The molecule has 1 fully saturated rings. The first kappa shape index (κ1) is 17.1. The van der Waals surface area contributed by atoms with Gasteiger partial charge in [0.05, 0.1) is 11.6 Å². The van der Waals surface area contributed by atoms with Crippen LogP contribution in [0.3, 0.4) is 0 Å². The van der Waals surface area contributed by atoms with Gasteiger partial charge in [0.25, 0.3) is 0 Å². The molecular weight excluding hydrogens is 299 g/mol. The average Bonchev–Trinajstić information content (AvgIpc) is 2.43. The van der Waals surface area contributed by atoms with Crippen LogP contribution >= 0.6 is 24.0 Å². The second-order valence-corrected chi connectivity index (χ2v) is 5.00. The van der Waals surface area contributed by atoms with Gasteiger partial charge < -0.3 is 15.4 Å². The Balaban J connectivity index is 0.00000200. The van der Waals surface area contributed by atoms with E-state index in [9.17, 15) is 4.79 Å². The molecule has 1 amide bonds. The third kappa shape index (κ3) is 4.54. The molecule has 0 aliphatic carbocycles. The highest BCUT2D eigenvalue weighted by Crippen LogP contribution is 2.28. The first-order valence-corrected chi connectivity index (χ1v) is 7.02. The van der Waals surface area contributed by atoms with Crippen LogP contribution < -0.4 is 15.4 Å². The number of benzene rings is 1. The smallest absolute Gasteiger partial charge is 0.227 e. The molecule has 0 spiro atoms. The van der Waals surface area contributed by atoms with Gasteiger partial charge in [0.2, 0.25) is 5.91 Å². The second-order valence-electron chi connectivity index (χ2n) is 4.59. The molecule has 1 heterocycles. The second kappa shape index (κ2) is 8.35. The maximum absolute atomic E-state index is 12.1. The summed E-state index contributed by atoms with van der Waals surface area (Å²) in [6.07, 6.45) is 1.77. The van der Waals surface area contributed by atoms with Crippen molar-refractivity contribution in [2.75, 3.05) is 25.0 Å². The first-order valence-electron chi connectivity index (χ1n) is 6.64. The minimum absolute atomic E-state index is 0. The van der Waals surface area contributed by atoms with Crippen LogP contribution in [0.5, 0.6) is 5.75 Å². The summed E-state index contributed by atoms with van der Waals surface area (Å²) in [6, 6.07) is 5.32. The van der Waals surface area contributed by atoms with Crippen LogP contribution in [-0.2, 0) is 4.79 Å². The van der Waals surface area contributed by atoms with Gasteiger partial charge in [-0.1, -0.05) is 11.6 Å². The van der Waals surface area contributed by atoms with Gasteiger partial charge in [0.1, 0.15) is 5.75 Å². The minimum Gasteiger partial charge on any atom is -0.492 e. The topological polar surface area (TPSA) is 50.4 Å². The fraction of sp³-hybridized carbons (Fsp3) is 0.500. The molecule has 0 radical (unpaired) electrons. The molecule has 0 atom stereocenters. The molecule has 2 rings (SSSR count). The lowest BCUT2D eigenvalue weighted by Crippen LogP contribution is -2.34. The third-order valence-corrected chi connectivity index (χ3v) is 3.50. The predicted molar refractivity (Wildman–Crippen MR) is 84.1 cm³/mol. The van der Waals surface area contributed by atoms with Gasteiger partial charge in [0.15, 0.2) is 0 Å². The zero-order valence-corrected chi connectivity index (χ0v) is 13.0. The molecule has 1 aliphatic rings. The van der Waals surface area contributed by atoms with Crippen molar-refractivity contribution >= 4 is 35.6 Å². The van der Waals surface area contributed by atoms with Gasteiger partial charge in [-0.15, -0.1) is 12.4 Å². The van der Waals surface area contributed by atoms with E-state index in [1.165, 1.54) is 0 Å². The van der Waals surface area contributed by atoms with Crippen molar-refractivity contribution in [3.05, 3.63) is 23.2 Å². The van der Waals surface area contributed by atoms with Crippen molar-refractivity contribution in [2.24, 2.45) is 5.92 Å². The summed E-state index contributed by atoms with van der Waals surface area (Å²) in [5, 5.41) is 6.68. The van der Waals surface area contributed by atoms with Crippen LogP contribution in [-0.4, -0.2) is 25.6 Å². The number of halogens is 2. The quantitative estimate of drug-likeness (QED) is 0.896. The SMILES string of the molecule is CCOc1ccc(NC(=O)C2CCNCC2)cc1Cl.Cl. The Labute approximate surface area is 130 Å². The summed E-state index contributed by atoms with van der Waals surface area (Å²) < 4.78 is 5.36. The molecule has 6 heteroatoms. The molecule has 1 saturated heterocycles. The Kier molecular flexibility index (Phi) is 7.13. The maximum atomic E-state index is 12.1. The van der Waals surface area contributed by atoms with Crippen LogP contribution in [0.15, 0.2) is 18.2 Å². The van der Waals surface area contributed by atoms with Gasteiger partial charge >= 0.3 is 0 Å². The van der Waals surface area contributed by atoms with Crippen LogP contribution in [0.1, 0.15) is 19.8 Å². The fourth-order valence-electron chi connectivity index (χ4n) is 2.18. The lowest BCUT2D eigenvalue weighted by molar-refractivity contribution is -0.120. The van der Waals surface area contributed by atoms with Crippen molar-refractivity contribution in [2.45, 2.75) is 19.8 Å². The fourth-order valence-corrected chi connectivity index (χ4v) is 2.41. The standard InChI is InChI=1S/C14H19ClN2O2.ClH/c1-2-19-13-4-3-11(9-12(13)15)17-14(18)10-5-7-16-8-6-10;/h3-4,9-10,16H,2,5-8H2,1H3,(H,17,18);1H. The van der Waals surface area contributed by atoms with E-state index in [-0.39, 0.29) is 24.2 Å². The number of anilines is 1. The van der Waals surface area contributed by atoms with Gasteiger partial charge in [0, 0.05) is 11.6 Å². The van der Waals surface area contributed by atoms with E-state index in [0.717, 1.165) is 31.6 Å². The predicted octanol–water partition coefficient (Wildman–Crippen LogP) is 3.10. The summed E-state index contributed by atoms with van der Waals surface area (Å²) in [5.41, 5.74) is 0.719. The molecule has 0 saturated carbocycles. The number of ether oxygens (including phenoxy) is 1. The minimum atomic E-state index is 0. The summed E-state index contributed by atoms with van der Waals surface area (Å²) in [6.45, 7) is 4.29. The van der Waals surface area contributed by atoms with Crippen LogP contribution in [0.2, 0.25) is 5.02 Å². The van der Waals surface area contributed by atoms with Gasteiger partial charge in [-0.2, -0.15) is 0 Å². The molecule has 4 nitrogen and oxygen atoms in total. The Bertz CT molecular complexity index is 449. The zero-order chi connectivity index (χ0) is 13.7. The number of rotatable bonds is 4. The highest BCUT2D eigenvalue weighted by atomic mass is 35.5. The number of piperidine rings is 1. The highest BCUT2D eigenvalue weighted by molar-refractivity contribution is 6.32. The number of hydrogen-bond acceptors (Lipinski definition) is 3. The van der Waals surface area contributed by atoms with Crippen molar-refractivity contribution in [3.63, 3.8) is 0 Å². The summed E-state index contributed by atoms with van der Waals surface area (Å²) in [4.78, 5) is 12.1. The lowest BCUT2D eigenvalue weighted by atomic mass is 9.97. The molecule has 0 aromatic heterocycles. The molecular formula is C14H20Cl2N2O2. The van der Waals surface area contributed by atoms with Gasteiger partial charge in [-0.3, -0.25) is 4.79 Å². The monoisotopic (exact) mass is 318 g/mol. The average molecular weight is 319 g/mol. The molecule has 2 N–H and O–H groups in total. The highest BCUT2D eigenvalue weighted by Gasteiger charge is 2.20. The molecule has 20 heavy (non-hydrogen) atoms. The zero-order valence-electron chi connectivity index (χ0n) is 11.4. The Morgan fingerprint density at radius 2 is 2.15 bits per heavy atom.